The van der Waals surface area contributed by atoms with Crippen molar-refractivity contribution in [2.75, 3.05) is 7.11 Å². The number of nitrogens with one attached hydrogen (secondary N) is 1. The summed E-state index contributed by atoms with van der Waals surface area (Å²) >= 11 is 1.66. The molecule has 5 heteroatoms. The molecule has 1 N–H and O–H groups in total. The van der Waals surface area contributed by atoms with Gasteiger partial charge in [0.2, 0.25) is 0 Å². The van der Waals surface area contributed by atoms with Crippen LogP contribution in [0.4, 0.5) is 5.00 Å². The molecule has 0 fully saturated rings. The van der Waals surface area contributed by atoms with Gasteiger partial charge in [0.05, 0.1) is 12.7 Å². The number of amides is 1. The Morgan fingerprint density at radius 3 is 2.62 bits per heavy atom. The third-order valence-corrected chi connectivity index (χ3v) is 6.32. The van der Waals surface area contributed by atoms with Gasteiger partial charge in [0.15, 0.2) is 0 Å². The lowest BCUT2D eigenvalue weighted by Crippen LogP contribution is -2.24. The lowest BCUT2D eigenvalue weighted by molar-refractivity contribution is 0.0951. The molecule has 0 spiro atoms. The van der Waals surface area contributed by atoms with Crippen molar-refractivity contribution in [1.29, 1.82) is 0 Å². The van der Waals surface area contributed by atoms with Gasteiger partial charge in [-0.1, -0.05) is 30.3 Å². The number of ether oxygens (including phenoxy) is 1. The van der Waals surface area contributed by atoms with Crippen LogP contribution in [0.2, 0.25) is 0 Å². The van der Waals surface area contributed by atoms with Crippen molar-refractivity contribution in [3.63, 3.8) is 0 Å². The van der Waals surface area contributed by atoms with Crippen molar-refractivity contribution in [3.8, 4) is 5.75 Å². The number of benzene rings is 2. The Morgan fingerprint density at radius 1 is 1.10 bits per heavy atom. The van der Waals surface area contributed by atoms with Crippen LogP contribution < -0.4 is 10.1 Å². The average Bonchev–Trinajstić information content (AvgIpc) is 3.15. The van der Waals surface area contributed by atoms with E-state index in [2.05, 4.69) is 5.32 Å². The molecule has 0 saturated carbocycles. The van der Waals surface area contributed by atoms with Gasteiger partial charge in [0.1, 0.15) is 10.8 Å². The van der Waals surface area contributed by atoms with Crippen molar-refractivity contribution in [3.05, 3.63) is 81.7 Å². The maximum atomic E-state index is 13.1. The predicted octanol–water partition coefficient (Wildman–Crippen LogP) is 5.32. The fourth-order valence-corrected chi connectivity index (χ4v) is 4.80. The molecule has 1 heterocycles. The molecule has 1 amide bonds. The first kappa shape index (κ1) is 19.4. The summed E-state index contributed by atoms with van der Waals surface area (Å²) in [6.45, 7) is 0.520. The zero-order valence-electron chi connectivity index (χ0n) is 16.5. The summed E-state index contributed by atoms with van der Waals surface area (Å²) in [5, 5.41) is 3.89. The molecule has 4 rings (SSSR count). The van der Waals surface area contributed by atoms with Crippen LogP contribution in [0.25, 0.3) is 0 Å². The van der Waals surface area contributed by atoms with Gasteiger partial charge >= 0.3 is 0 Å². The summed E-state index contributed by atoms with van der Waals surface area (Å²) in [4.78, 5) is 19.1. The summed E-state index contributed by atoms with van der Waals surface area (Å²) in [6.07, 6.45) is 6.13. The number of aliphatic imine (C=N–C) groups is 1. The molecule has 0 unspecified atom stereocenters. The van der Waals surface area contributed by atoms with E-state index in [4.69, 9.17) is 9.73 Å². The zero-order chi connectivity index (χ0) is 20.1. The van der Waals surface area contributed by atoms with E-state index in [1.807, 2.05) is 60.8 Å². The van der Waals surface area contributed by atoms with E-state index in [9.17, 15) is 4.79 Å². The van der Waals surface area contributed by atoms with E-state index in [0.717, 1.165) is 46.7 Å². The number of nitrogens with zero attached hydrogens (tertiary/aromatic N) is 1. The average molecular weight is 405 g/mol. The Kier molecular flexibility index (Phi) is 6.06. The lowest BCUT2D eigenvalue weighted by atomic mass is 9.95. The number of rotatable bonds is 6. The van der Waals surface area contributed by atoms with Crippen LogP contribution >= 0.6 is 11.3 Å². The molecule has 148 valence electrons. The van der Waals surface area contributed by atoms with Gasteiger partial charge in [-0.15, -0.1) is 11.3 Å². The summed E-state index contributed by atoms with van der Waals surface area (Å²) in [7, 11) is 1.65. The van der Waals surface area contributed by atoms with Gasteiger partial charge in [-0.2, -0.15) is 0 Å². The normalized spacial score (nSPS) is 13.3. The molecule has 29 heavy (non-hydrogen) atoms. The first-order valence-electron chi connectivity index (χ1n) is 9.89. The maximum absolute atomic E-state index is 13.1. The van der Waals surface area contributed by atoms with E-state index in [1.54, 1.807) is 18.4 Å². The number of aryl methyl sites for hydroxylation is 1. The Hall–Kier alpha value is -2.92. The standard InChI is InChI=1S/C24H24N2O2S/c1-28-19-13-11-18(12-14-19)16-26-24-22(20-9-5-6-10-21(20)29-24)23(27)25-15-17-7-3-2-4-8-17/h2-4,7-8,11-14,16H,5-6,9-10,15H2,1H3,(H,25,27)/b26-16-. The number of thiophene rings is 1. The van der Waals surface area contributed by atoms with Gasteiger partial charge in [-0.25, -0.2) is 4.99 Å². The molecule has 0 aliphatic heterocycles. The largest absolute Gasteiger partial charge is 0.497 e. The molecule has 1 aliphatic rings. The minimum absolute atomic E-state index is 0.0323. The highest BCUT2D eigenvalue weighted by Crippen LogP contribution is 2.39. The number of fused-ring (bicyclic) bond motifs is 1. The highest BCUT2D eigenvalue weighted by atomic mass is 32.1. The molecular formula is C24H24N2O2S. The highest BCUT2D eigenvalue weighted by Gasteiger charge is 2.25. The third kappa shape index (κ3) is 4.57. The van der Waals surface area contributed by atoms with Gasteiger partial charge in [-0.3, -0.25) is 4.79 Å². The smallest absolute Gasteiger partial charge is 0.254 e. The quantitative estimate of drug-likeness (QED) is 0.566. The molecule has 1 aromatic heterocycles. The monoisotopic (exact) mass is 404 g/mol. The second kappa shape index (κ2) is 9.05. The Morgan fingerprint density at radius 2 is 1.86 bits per heavy atom. The molecule has 2 aromatic carbocycles. The molecule has 1 aliphatic carbocycles. The van der Waals surface area contributed by atoms with Gasteiger partial charge in [-0.05, 0) is 66.6 Å². The maximum Gasteiger partial charge on any atom is 0.254 e. The van der Waals surface area contributed by atoms with E-state index in [1.165, 1.54) is 16.9 Å². The number of hydrogen-bond donors (Lipinski definition) is 1. The van der Waals surface area contributed by atoms with Crippen LogP contribution in [0, 0.1) is 0 Å². The summed E-state index contributed by atoms with van der Waals surface area (Å²) in [6, 6.07) is 17.7. The van der Waals surface area contributed by atoms with Crippen LogP contribution in [0.3, 0.4) is 0 Å². The molecule has 0 atom stereocenters. The van der Waals surface area contributed by atoms with Crippen molar-refractivity contribution in [2.45, 2.75) is 32.2 Å². The number of methoxy groups -OCH3 is 1. The third-order valence-electron chi connectivity index (χ3n) is 5.12. The molecular weight excluding hydrogens is 380 g/mol. The fraction of sp³-hybridized carbons (Fsp3) is 0.250. The summed E-state index contributed by atoms with van der Waals surface area (Å²) in [5.41, 5.74) is 4.01. The first-order chi connectivity index (χ1) is 14.2. The van der Waals surface area contributed by atoms with E-state index in [0.29, 0.717) is 6.54 Å². The fourth-order valence-electron chi connectivity index (χ4n) is 3.57. The first-order valence-corrected chi connectivity index (χ1v) is 10.7. The molecule has 4 nitrogen and oxygen atoms in total. The van der Waals surface area contributed by atoms with Crippen molar-refractivity contribution < 1.29 is 9.53 Å². The van der Waals surface area contributed by atoms with Gasteiger partial charge in [0.25, 0.3) is 5.91 Å². The SMILES string of the molecule is COc1ccc(/C=N\c2sc3c(c2C(=O)NCc2ccccc2)CCCC3)cc1. The van der Waals surface area contributed by atoms with Crippen molar-refractivity contribution in [1.82, 2.24) is 5.32 Å². The van der Waals surface area contributed by atoms with E-state index >= 15 is 0 Å². The number of hydrogen-bond acceptors (Lipinski definition) is 4. The lowest BCUT2D eigenvalue weighted by Gasteiger charge is -2.12. The predicted molar refractivity (Wildman–Crippen MR) is 119 cm³/mol. The van der Waals surface area contributed by atoms with Crippen LogP contribution in [-0.4, -0.2) is 19.2 Å². The van der Waals surface area contributed by atoms with E-state index in [-0.39, 0.29) is 5.91 Å². The Bertz CT molecular complexity index is 1010. The highest BCUT2D eigenvalue weighted by molar-refractivity contribution is 7.16. The second-order valence-electron chi connectivity index (χ2n) is 7.09. The molecule has 0 radical (unpaired) electrons. The number of carbonyl (C=O) groups is 1. The van der Waals surface area contributed by atoms with Gasteiger partial charge < -0.3 is 10.1 Å². The van der Waals surface area contributed by atoms with Gasteiger partial charge in [0, 0.05) is 17.6 Å². The molecule has 0 saturated heterocycles. The van der Waals surface area contributed by atoms with E-state index < -0.39 is 0 Å². The Balaban J connectivity index is 1.58. The minimum Gasteiger partial charge on any atom is -0.497 e. The van der Waals surface area contributed by atoms with Crippen molar-refractivity contribution in [2.24, 2.45) is 4.99 Å². The Labute approximate surface area is 175 Å². The van der Waals surface area contributed by atoms with Crippen molar-refractivity contribution >= 4 is 28.5 Å². The summed E-state index contributed by atoms with van der Waals surface area (Å²) in [5.74, 6) is 0.782. The molecule has 3 aromatic rings. The van der Waals surface area contributed by atoms with Crippen LogP contribution in [-0.2, 0) is 19.4 Å². The van der Waals surface area contributed by atoms with Crippen LogP contribution in [0.15, 0.2) is 59.6 Å². The van der Waals surface area contributed by atoms with Crippen LogP contribution in [0.1, 0.15) is 44.8 Å². The summed E-state index contributed by atoms with van der Waals surface area (Å²) < 4.78 is 5.21. The molecule has 0 bridgehead atoms. The topological polar surface area (TPSA) is 50.7 Å². The number of carbonyl (C=O) groups excluding carboxylic acids is 1. The second-order valence-corrected chi connectivity index (χ2v) is 8.17. The van der Waals surface area contributed by atoms with Crippen LogP contribution in [0.5, 0.6) is 5.75 Å². The minimum atomic E-state index is -0.0323. The zero-order valence-corrected chi connectivity index (χ0v) is 17.3.